The van der Waals surface area contributed by atoms with Gasteiger partial charge in [0, 0.05) is 37.5 Å². The van der Waals surface area contributed by atoms with Crippen molar-refractivity contribution in [1.82, 2.24) is 15.5 Å². The number of nitrogens with one attached hydrogen (secondary N) is 2. The van der Waals surface area contributed by atoms with E-state index in [1.807, 2.05) is 7.05 Å². The van der Waals surface area contributed by atoms with E-state index in [2.05, 4.69) is 72.9 Å². The van der Waals surface area contributed by atoms with E-state index < -0.39 is 0 Å². The Labute approximate surface area is 186 Å². The second-order valence-electron chi connectivity index (χ2n) is 8.39. The maximum Gasteiger partial charge on any atom is 0.191 e. The molecule has 0 spiro atoms. The number of likely N-dealkylation sites (N-methyl/N-ethyl adjacent to an activating group) is 1. The summed E-state index contributed by atoms with van der Waals surface area (Å²) < 4.78 is 6.09. The zero-order valence-electron chi connectivity index (χ0n) is 17.6. The van der Waals surface area contributed by atoms with E-state index in [4.69, 9.17) is 4.74 Å². The van der Waals surface area contributed by atoms with Crippen molar-refractivity contribution in [3.8, 4) is 0 Å². The van der Waals surface area contributed by atoms with Crippen LogP contribution in [0.5, 0.6) is 0 Å². The first-order chi connectivity index (χ1) is 12.3. The lowest BCUT2D eigenvalue weighted by molar-refractivity contribution is -0.0835. The number of nitrogens with zero attached hydrogens (tertiary/aromatic N) is 2. The van der Waals surface area contributed by atoms with Gasteiger partial charge >= 0.3 is 0 Å². The lowest BCUT2D eigenvalue weighted by atomic mass is 9.78. The van der Waals surface area contributed by atoms with E-state index in [1.54, 1.807) is 11.3 Å². The minimum absolute atomic E-state index is 0. The molecule has 5 nitrogen and oxygen atoms in total. The molecule has 7 heteroatoms. The van der Waals surface area contributed by atoms with Gasteiger partial charge in [0.1, 0.15) is 0 Å². The third kappa shape index (κ3) is 7.51. The van der Waals surface area contributed by atoms with Crippen LogP contribution in [0.15, 0.2) is 22.5 Å². The quantitative estimate of drug-likeness (QED) is 0.347. The van der Waals surface area contributed by atoms with Gasteiger partial charge in [-0.1, -0.05) is 26.8 Å². The smallest absolute Gasteiger partial charge is 0.191 e. The molecule has 3 unspecified atom stereocenters. The van der Waals surface area contributed by atoms with E-state index in [0.717, 1.165) is 32.1 Å². The molecule has 1 aliphatic rings. The molecule has 0 aliphatic carbocycles. The first-order valence-electron chi connectivity index (χ1n) is 9.59. The summed E-state index contributed by atoms with van der Waals surface area (Å²) in [5, 5.41) is 9.15. The molecule has 0 radical (unpaired) electrons. The molecule has 0 aromatic carbocycles. The summed E-state index contributed by atoms with van der Waals surface area (Å²) >= 11 is 1.80. The lowest BCUT2D eigenvalue weighted by Crippen LogP contribution is -2.48. The molecular formula is C20H37IN4OS. The van der Waals surface area contributed by atoms with Crippen molar-refractivity contribution in [2.45, 2.75) is 45.8 Å². The monoisotopic (exact) mass is 508 g/mol. The van der Waals surface area contributed by atoms with Gasteiger partial charge in [0.2, 0.25) is 0 Å². The number of guanidine groups is 1. The Morgan fingerprint density at radius 1 is 1.37 bits per heavy atom. The molecule has 1 fully saturated rings. The van der Waals surface area contributed by atoms with Crippen molar-refractivity contribution >= 4 is 41.3 Å². The fourth-order valence-electron chi connectivity index (χ4n) is 3.67. The zero-order valence-corrected chi connectivity index (χ0v) is 20.8. The number of ether oxygens (including phenoxy) is 1. The topological polar surface area (TPSA) is 48.9 Å². The Morgan fingerprint density at radius 3 is 2.67 bits per heavy atom. The Balaban J connectivity index is 0.00000364. The summed E-state index contributed by atoms with van der Waals surface area (Å²) in [4.78, 5) is 8.02. The van der Waals surface area contributed by atoms with Gasteiger partial charge in [-0.15, -0.1) is 35.3 Å². The predicted molar refractivity (Wildman–Crippen MR) is 127 cm³/mol. The van der Waals surface area contributed by atoms with Crippen LogP contribution in [-0.2, 0) is 4.74 Å². The Bertz CT molecular complexity index is 557. The molecule has 1 aliphatic heterocycles. The molecule has 2 rings (SSSR count). The van der Waals surface area contributed by atoms with Gasteiger partial charge in [-0.25, -0.2) is 0 Å². The summed E-state index contributed by atoms with van der Waals surface area (Å²) in [6.45, 7) is 9.42. The standard InChI is InChI=1S/C20H36N4OS.HI/c1-20(2,3)18-15(9-7-11-25-18)13-22-19(21-4)23-14-16(24(5)6)17-10-8-12-26-17;/h8,10,12,15-16,18H,7,9,11,13-14H2,1-6H3,(H2,21,22,23);1H. The van der Waals surface area contributed by atoms with Gasteiger partial charge in [-0.05, 0) is 43.8 Å². The molecule has 2 N–H and O–H groups in total. The van der Waals surface area contributed by atoms with Crippen LogP contribution in [0.4, 0.5) is 0 Å². The number of halogens is 1. The summed E-state index contributed by atoms with van der Waals surface area (Å²) in [7, 11) is 6.08. The third-order valence-electron chi connectivity index (χ3n) is 5.01. The average Bonchev–Trinajstić information content (AvgIpc) is 3.11. The van der Waals surface area contributed by atoms with Gasteiger partial charge in [0.05, 0.1) is 12.1 Å². The number of hydrogen-bond donors (Lipinski definition) is 2. The molecule has 0 saturated carbocycles. The predicted octanol–water partition coefficient (Wildman–Crippen LogP) is 3.98. The highest BCUT2D eigenvalue weighted by Gasteiger charge is 2.35. The van der Waals surface area contributed by atoms with E-state index in [0.29, 0.717) is 18.1 Å². The highest BCUT2D eigenvalue weighted by Crippen LogP contribution is 2.33. The summed E-state index contributed by atoms with van der Waals surface area (Å²) in [6, 6.07) is 4.65. The first kappa shape index (κ1) is 24.7. The molecule has 0 bridgehead atoms. The Kier molecular flexibility index (Phi) is 10.6. The highest BCUT2D eigenvalue weighted by atomic mass is 127. The minimum atomic E-state index is 0. The van der Waals surface area contributed by atoms with Crippen molar-refractivity contribution in [3.05, 3.63) is 22.4 Å². The van der Waals surface area contributed by atoms with Crippen LogP contribution in [0.3, 0.4) is 0 Å². The maximum absolute atomic E-state index is 6.09. The van der Waals surface area contributed by atoms with Crippen molar-refractivity contribution in [1.29, 1.82) is 0 Å². The van der Waals surface area contributed by atoms with Crippen LogP contribution in [0.1, 0.15) is 44.5 Å². The number of rotatable bonds is 6. The van der Waals surface area contributed by atoms with E-state index >= 15 is 0 Å². The molecule has 1 aromatic heterocycles. The van der Waals surface area contributed by atoms with Gasteiger partial charge in [-0.2, -0.15) is 0 Å². The average molecular weight is 509 g/mol. The Morgan fingerprint density at radius 2 is 2.11 bits per heavy atom. The number of hydrogen-bond acceptors (Lipinski definition) is 4. The molecule has 2 heterocycles. The van der Waals surface area contributed by atoms with E-state index in [9.17, 15) is 0 Å². The van der Waals surface area contributed by atoms with Crippen LogP contribution in [0.25, 0.3) is 0 Å². The summed E-state index contributed by atoms with van der Waals surface area (Å²) in [5.74, 6) is 1.39. The van der Waals surface area contributed by atoms with E-state index in [1.165, 1.54) is 11.3 Å². The van der Waals surface area contributed by atoms with Crippen molar-refractivity contribution in [2.75, 3.05) is 40.8 Å². The molecule has 1 saturated heterocycles. The van der Waals surface area contributed by atoms with Crippen molar-refractivity contribution in [3.63, 3.8) is 0 Å². The molecule has 0 amide bonds. The normalized spacial score (nSPS) is 22.3. The van der Waals surface area contributed by atoms with Crippen LogP contribution >= 0.6 is 35.3 Å². The Hall–Kier alpha value is -0.380. The van der Waals surface area contributed by atoms with E-state index in [-0.39, 0.29) is 29.4 Å². The van der Waals surface area contributed by atoms with Crippen molar-refractivity contribution < 1.29 is 4.74 Å². The second kappa shape index (κ2) is 11.6. The summed E-state index contributed by atoms with van der Waals surface area (Å²) in [6.07, 6.45) is 2.65. The van der Waals surface area contributed by atoms with Crippen molar-refractivity contribution in [2.24, 2.45) is 16.3 Å². The molecule has 1 aromatic rings. The lowest BCUT2D eigenvalue weighted by Gasteiger charge is -2.40. The summed E-state index contributed by atoms with van der Waals surface area (Å²) in [5.41, 5.74) is 0.166. The van der Waals surface area contributed by atoms with Crippen LogP contribution < -0.4 is 10.6 Å². The van der Waals surface area contributed by atoms with Crippen LogP contribution in [0.2, 0.25) is 0 Å². The fraction of sp³-hybridized carbons (Fsp3) is 0.750. The van der Waals surface area contributed by atoms with Crippen LogP contribution in [0, 0.1) is 11.3 Å². The van der Waals surface area contributed by atoms with Crippen LogP contribution in [-0.4, -0.2) is 57.8 Å². The first-order valence-corrected chi connectivity index (χ1v) is 10.5. The van der Waals surface area contributed by atoms with Gasteiger partial charge in [-0.3, -0.25) is 4.99 Å². The SMILES string of the molecule is CN=C(NCC1CCCOC1C(C)(C)C)NCC(c1cccs1)N(C)C.I. The molecule has 27 heavy (non-hydrogen) atoms. The molecular weight excluding hydrogens is 471 g/mol. The number of aliphatic imine (C=N–C) groups is 1. The zero-order chi connectivity index (χ0) is 19.2. The van der Waals surface area contributed by atoms with Gasteiger partial charge < -0.3 is 20.3 Å². The van der Waals surface area contributed by atoms with Gasteiger partial charge in [0.15, 0.2) is 5.96 Å². The second-order valence-corrected chi connectivity index (χ2v) is 9.37. The molecule has 156 valence electrons. The highest BCUT2D eigenvalue weighted by molar-refractivity contribution is 14.0. The third-order valence-corrected chi connectivity index (χ3v) is 5.99. The minimum Gasteiger partial charge on any atom is -0.377 e. The number of thiophene rings is 1. The maximum atomic E-state index is 6.09. The van der Waals surface area contributed by atoms with Gasteiger partial charge in [0.25, 0.3) is 0 Å². The fourth-order valence-corrected chi connectivity index (χ4v) is 4.59. The largest absolute Gasteiger partial charge is 0.377 e. The molecule has 3 atom stereocenters.